The van der Waals surface area contributed by atoms with Gasteiger partial charge in [-0.25, -0.2) is 4.98 Å². The highest BCUT2D eigenvalue weighted by atomic mass is 36.0. The van der Waals surface area contributed by atoms with Crippen molar-refractivity contribution in [3.05, 3.63) is 82.5 Å². The number of benzene rings is 2. The molecule has 2 heterocycles. The Kier molecular flexibility index (Phi) is 10.3. The molecular weight excluding hydrogens is 651 g/mol. The first-order chi connectivity index (χ1) is 18.5. The molecular formula is C24H17Cl4F6N2O3P. The lowest BCUT2D eigenvalue weighted by Gasteiger charge is -2.22. The lowest BCUT2D eigenvalue weighted by molar-refractivity contribution is -0.143. The molecule has 0 radical (unpaired) electrons. The smallest absolute Gasteiger partial charge is 0.416 e. The number of ether oxygens (including phenoxy) is 1. The Labute approximate surface area is 243 Å². The Morgan fingerprint density at radius 1 is 0.925 bits per heavy atom. The molecule has 2 aromatic carbocycles. The van der Waals surface area contributed by atoms with E-state index in [1.165, 1.54) is 0 Å². The number of halogens is 10. The number of fused-ring (bicyclic) bond motifs is 1. The molecule has 0 spiro atoms. The van der Waals surface area contributed by atoms with Crippen LogP contribution in [0.25, 0.3) is 11.1 Å². The normalized spacial score (nSPS) is 14.1. The quantitative estimate of drug-likeness (QED) is 0.158. The fourth-order valence-electron chi connectivity index (χ4n) is 3.79. The van der Waals surface area contributed by atoms with Gasteiger partial charge in [0, 0.05) is 12.1 Å². The van der Waals surface area contributed by atoms with E-state index in [2.05, 4.69) is 38.7 Å². The molecule has 0 saturated heterocycles. The van der Waals surface area contributed by atoms with E-state index in [1.54, 1.807) is 36.4 Å². The highest BCUT2D eigenvalue weighted by Crippen LogP contribution is 2.61. The van der Waals surface area contributed by atoms with Gasteiger partial charge in [-0.2, -0.15) is 26.3 Å². The maximum Gasteiger partial charge on any atom is 0.416 e. The number of aromatic nitrogens is 1. The van der Waals surface area contributed by atoms with Crippen molar-refractivity contribution >= 4 is 56.4 Å². The third-order valence-electron chi connectivity index (χ3n) is 5.38. The summed E-state index contributed by atoms with van der Waals surface area (Å²) < 4.78 is 94.8. The summed E-state index contributed by atoms with van der Waals surface area (Å²) in [6.45, 7) is -0.617. The van der Waals surface area contributed by atoms with Crippen molar-refractivity contribution in [1.29, 1.82) is 0 Å². The second-order valence-corrected chi connectivity index (χ2v) is 15.1. The number of alkyl halides is 7. The van der Waals surface area contributed by atoms with Gasteiger partial charge in [-0.3, -0.25) is 9.36 Å². The van der Waals surface area contributed by atoms with E-state index in [0.717, 1.165) is 4.90 Å². The Morgan fingerprint density at radius 3 is 1.98 bits per heavy atom. The predicted octanol–water partition coefficient (Wildman–Crippen LogP) is 9.37. The van der Waals surface area contributed by atoms with Crippen LogP contribution in [0.4, 0.5) is 26.3 Å². The van der Waals surface area contributed by atoms with Crippen LogP contribution in [0.1, 0.15) is 32.7 Å². The Hall–Kier alpha value is -2.17. The standard InChI is InChI=1S/C24H17ClF6N2O2.Cl3OP/c25-12-18-11-19(15-4-2-1-3-5-15)20-21(32-18)35-7-6-33(22(20)34)13-14-8-16(23(26,27)28)10-17(9-14)24(29,30)31;1-5(2,3)4/h1-5,8-11H,6-7,12-13H2;. The number of amides is 1. The summed E-state index contributed by atoms with van der Waals surface area (Å²) in [5.41, 5.74) is -1.60. The van der Waals surface area contributed by atoms with E-state index >= 15 is 0 Å². The van der Waals surface area contributed by atoms with Crippen molar-refractivity contribution in [2.24, 2.45) is 0 Å². The summed E-state index contributed by atoms with van der Waals surface area (Å²) >= 11 is 19.8. The first-order valence-corrected chi connectivity index (χ1v) is 16.0. The molecule has 216 valence electrons. The Morgan fingerprint density at radius 2 is 1.48 bits per heavy atom. The molecule has 1 aliphatic heterocycles. The van der Waals surface area contributed by atoms with Gasteiger partial charge in [-0.1, -0.05) is 30.3 Å². The van der Waals surface area contributed by atoms with Crippen LogP contribution in [0.2, 0.25) is 0 Å². The van der Waals surface area contributed by atoms with E-state index in [9.17, 15) is 35.7 Å². The predicted molar refractivity (Wildman–Crippen MR) is 141 cm³/mol. The maximum absolute atomic E-state index is 13.5. The third-order valence-corrected chi connectivity index (χ3v) is 5.66. The van der Waals surface area contributed by atoms with Crippen LogP contribution in [0.3, 0.4) is 0 Å². The minimum atomic E-state index is -4.99. The van der Waals surface area contributed by atoms with Crippen LogP contribution in [0.15, 0.2) is 54.6 Å². The topological polar surface area (TPSA) is 59.5 Å². The van der Waals surface area contributed by atoms with E-state index in [-0.39, 0.29) is 42.1 Å². The number of nitrogens with zero attached hydrogens (tertiary/aromatic N) is 2. The molecule has 4 rings (SSSR count). The lowest BCUT2D eigenvalue weighted by Crippen LogP contribution is -2.32. The van der Waals surface area contributed by atoms with Gasteiger partial charge in [0.15, 0.2) is 0 Å². The van der Waals surface area contributed by atoms with Gasteiger partial charge < -0.3 is 9.64 Å². The van der Waals surface area contributed by atoms with Crippen molar-refractivity contribution in [3.8, 4) is 17.0 Å². The number of rotatable bonds is 4. The SMILES string of the molecule is O=C1c2c(-c3ccccc3)cc(CCl)nc2OCCN1Cc1cc(C(F)(F)F)cc(C(F)(F)F)c1.O=P(Cl)(Cl)Cl. The lowest BCUT2D eigenvalue weighted by atomic mass is 9.99. The highest BCUT2D eigenvalue weighted by molar-refractivity contribution is 8.24. The zero-order valence-corrected chi connectivity index (χ0v) is 23.8. The second kappa shape index (κ2) is 12.8. The van der Waals surface area contributed by atoms with Gasteiger partial charge in [-0.15, -0.1) is 11.6 Å². The van der Waals surface area contributed by atoms with Gasteiger partial charge in [0.05, 0.1) is 29.2 Å². The van der Waals surface area contributed by atoms with Gasteiger partial charge in [-0.05, 0) is 69.1 Å². The summed E-state index contributed by atoms with van der Waals surface area (Å²) in [4.78, 5) is 18.9. The molecule has 5 nitrogen and oxygen atoms in total. The number of carbonyl (C=O) groups is 1. The van der Waals surface area contributed by atoms with E-state index in [1.807, 2.05) is 0 Å². The largest absolute Gasteiger partial charge is 0.475 e. The highest BCUT2D eigenvalue weighted by Gasteiger charge is 2.37. The first kappa shape index (κ1) is 32.3. The van der Waals surface area contributed by atoms with Crippen molar-refractivity contribution < 1.29 is 40.4 Å². The molecule has 40 heavy (non-hydrogen) atoms. The molecule has 1 aliphatic rings. The monoisotopic (exact) mass is 666 g/mol. The van der Waals surface area contributed by atoms with Crippen molar-refractivity contribution in [1.82, 2.24) is 9.88 Å². The molecule has 0 saturated carbocycles. The number of hydrogen-bond acceptors (Lipinski definition) is 4. The maximum atomic E-state index is 13.5. The molecule has 0 aliphatic carbocycles. The van der Waals surface area contributed by atoms with Crippen molar-refractivity contribution in [2.45, 2.75) is 24.8 Å². The van der Waals surface area contributed by atoms with Gasteiger partial charge in [0.1, 0.15) is 12.2 Å². The van der Waals surface area contributed by atoms with Gasteiger partial charge >= 0.3 is 17.6 Å². The first-order valence-electron chi connectivity index (χ1n) is 11.0. The van der Waals surface area contributed by atoms with Crippen molar-refractivity contribution in [2.75, 3.05) is 13.2 Å². The number of pyridine rings is 1. The molecule has 3 aromatic rings. The van der Waals surface area contributed by atoms with Crippen LogP contribution in [0.5, 0.6) is 5.88 Å². The van der Waals surface area contributed by atoms with Crippen LogP contribution in [0, 0.1) is 0 Å². The van der Waals surface area contributed by atoms with E-state index in [0.29, 0.717) is 29.0 Å². The zero-order chi connectivity index (χ0) is 29.9. The van der Waals surface area contributed by atoms with E-state index < -0.39 is 41.1 Å². The van der Waals surface area contributed by atoms with Gasteiger partial charge in [0.25, 0.3) is 5.91 Å². The Balaban J connectivity index is 0.000000810. The second-order valence-electron chi connectivity index (χ2n) is 8.23. The number of carbonyl (C=O) groups excluding carboxylic acids is 1. The summed E-state index contributed by atoms with van der Waals surface area (Å²) in [5.74, 6) is -0.579. The molecule has 0 bridgehead atoms. The van der Waals surface area contributed by atoms with Crippen LogP contribution in [-0.2, 0) is 29.3 Å². The molecule has 0 atom stereocenters. The van der Waals surface area contributed by atoms with Gasteiger partial charge in [0.2, 0.25) is 5.88 Å². The minimum Gasteiger partial charge on any atom is -0.475 e. The third kappa shape index (κ3) is 8.91. The molecule has 0 fully saturated rings. The van der Waals surface area contributed by atoms with Crippen LogP contribution < -0.4 is 4.74 Å². The molecule has 16 heteroatoms. The molecule has 1 amide bonds. The zero-order valence-electron chi connectivity index (χ0n) is 19.9. The summed E-state index contributed by atoms with van der Waals surface area (Å²) in [7, 11) is 0. The average Bonchev–Trinajstić information content (AvgIpc) is 3.00. The Bertz CT molecular complexity index is 1380. The molecule has 0 unspecified atom stereocenters. The molecule has 1 aromatic heterocycles. The summed E-state index contributed by atoms with van der Waals surface area (Å²) in [5, 5.41) is -3.22. The number of hydrogen-bond donors (Lipinski definition) is 0. The average molecular weight is 668 g/mol. The van der Waals surface area contributed by atoms with E-state index in [4.69, 9.17) is 16.3 Å². The van der Waals surface area contributed by atoms with Crippen molar-refractivity contribution in [3.63, 3.8) is 0 Å². The van der Waals surface area contributed by atoms with Crippen LogP contribution in [-0.4, -0.2) is 28.9 Å². The summed E-state index contributed by atoms with van der Waals surface area (Å²) in [6, 6.07) is 11.7. The fraction of sp³-hybridized carbons (Fsp3) is 0.250. The van der Waals surface area contributed by atoms with Crippen LogP contribution >= 0.6 is 50.5 Å². The minimum absolute atomic E-state index is 0.00882. The summed E-state index contributed by atoms with van der Waals surface area (Å²) in [6.07, 6.45) is -9.98. The fourth-order valence-corrected chi connectivity index (χ4v) is 3.93. The molecule has 0 N–H and O–H groups in total.